The molecule has 33 heavy (non-hydrogen) atoms. The molecule has 0 radical (unpaired) electrons. The molecule has 0 saturated carbocycles. The molecule has 0 aliphatic carbocycles. The van der Waals surface area contributed by atoms with E-state index in [4.69, 9.17) is 16.5 Å². The summed E-state index contributed by atoms with van der Waals surface area (Å²) in [4.78, 5) is 11.5. The Kier molecular flexibility index (Phi) is 8.62. The number of alkyl halides is 3. The SMILES string of the molecule is CCCNC1CCN(c2nc(-c3c(N)cc(C(F)(F)F)cc3N)nc3ccccc23)C1.Cl.Cl. The van der Waals surface area contributed by atoms with E-state index >= 15 is 0 Å². The smallest absolute Gasteiger partial charge is 0.398 e. The highest BCUT2D eigenvalue weighted by molar-refractivity contribution is 5.93. The summed E-state index contributed by atoms with van der Waals surface area (Å²) in [6.45, 7) is 4.69. The number of nitrogen functional groups attached to an aromatic ring is 2. The van der Waals surface area contributed by atoms with Gasteiger partial charge in [-0.25, -0.2) is 9.97 Å². The summed E-state index contributed by atoms with van der Waals surface area (Å²) < 4.78 is 39.4. The Morgan fingerprint density at radius 2 is 1.76 bits per heavy atom. The molecule has 2 heterocycles. The van der Waals surface area contributed by atoms with Crippen LogP contribution in [0.25, 0.3) is 22.3 Å². The van der Waals surface area contributed by atoms with Gasteiger partial charge in [-0.15, -0.1) is 24.8 Å². The second-order valence-electron chi connectivity index (χ2n) is 7.80. The number of benzene rings is 2. The minimum absolute atomic E-state index is 0. The van der Waals surface area contributed by atoms with Crippen LogP contribution in [-0.4, -0.2) is 35.6 Å². The van der Waals surface area contributed by atoms with Crippen molar-refractivity contribution >= 4 is 52.9 Å². The molecule has 1 atom stereocenters. The molecule has 180 valence electrons. The number of anilines is 3. The third-order valence-electron chi connectivity index (χ3n) is 5.50. The monoisotopic (exact) mass is 502 g/mol. The number of nitrogens with two attached hydrogens (primary N) is 2. The summed E-state index contributed by atoms with van der Waals surface area (Å²) in [5, 5.41) is 4.41. The molecule has 1 aromatic heterocycles. The van der Waals surface area contributed by atoms with Gasteiger partial charge in [0, 0.05) is 35.9 Å². The maximum Gasteiger partial charge on any atom is 0.416 e. The molecule has 1 aliphatic heterocycles. The first-order chi connectivity index (χ1) is 14.8. The number of halogens is 5. The van der Waals surface area contributed by atoms with E-state index in [2.05, 4.69) is 22.1 Å². The molecule has 0 amide bonds. The molecule has 1 fully saturated rings. The lowest BCUT2D eigenvalue weighted by Gasteiger charge is -2.21. The van der Waals surface area contributed by atoms with Gasteiger partial charge in [-0.05, 0) is 43.7 Å². The lowest BCUT2D eigenvalue weighted by Crippen LogP contribution is -2.33. The Hall–Kier alpha value is -2.49. The molecule has 0 bridgehead atoms. The van der Waals surface area contributed by atoms with Crippen LogP contribution >= 0.6 is 24.8 Å². The van der Waals surface area contributed by atoms with Gasteiger partial charge in [0.25, 0.3) is 0 Å². The first-order valence-corrected chi connectivity index (χ1v) is 10.3. The quantitative estimate of drug-likeness (QED) is 0.429. The van der Waals surface area contributed by atoms with Crippen molar-refractivity contribution < 1.29 is 13.2 Å². The summed E-state index contributed by atoms with van der Waals surface area (Å²) in [6, 6.07) is 9.69. The fourth-order valence-corrected chi connectivity index (χ4v) is 3.99. The fraction of sp³-hybridized carbons (Fsp3) is 0.364. The number of para-hydroxylation sites is 1. The van der Waals surface area contributed by atoms with Crippen LogP contribution in [0.5, 0.6) is 0 Å². The van der Waals surface area contributed by atoms with E-state index in [1.54, 1.807) is 0 Å². The van der Waals surface area contributed by atoms with Gasteiger partial charge in [0.15, 0.2) is 5.82 Å². The average molecular weight is 503 g/mol. The average Bonchev–Trinajstić information content (AvgIpc) is 3.19. The lowest BCUT2D eigenvalue weighted by molar-refractivity contribution is -0.137. The van der Waals surface area contributed by atoms with E-state index < -0.39 is 11.7 Å². The minimum atomic E-state index is -4.54. The molecule has 6 nitrogen and oxygen atoms in total. The number of hydrogen-bond acceptors (Lipinski definition) is 6. The summed E-state index contributed by atoms with van der Waals surface area (Å²) in [5.41, 5.74) is 11.8. The summed E-state index contributed by atoms with van der Waals surface area (Å²) in [7, 11) is 0. The second kappa shape index (κ2) is 10.6. The Balaban J connectivity index is 0.00000193. The van der Waals surface area contributed by atoms with Crippen molar-refractivity contribution in [3.8, 4) is 11.4 Å². The highest BCUT2D eigenvalue weighted by Gasteiger charge is 2.32. The van der Waals surface area contributed by atoms with Crippen molar-refractivity contribution in [2.24, 2.45) is 0 Å². The number of nitrogens with one attached hydrogen (secondary N) is 1. The zero-order valence-corrected chi connectivity index (χ0v) is 19.7. The van der Waals surface area contributed by atoms with Crippen molar-refractivity contribution in [1.82, 2.24) is 15.3 Å². The van der Waals surface area contributed by atoms with Gasteiger partial charge >= 0.3 is 6.18 Å². The second-order valence-corrected chi connectivity index (χ2v) is 7.80. The Labute approximate surface area is 202 Å². The van der Waals surface area contributed by atoms with Crippen LogP contribution in [-0.2, 0) is 6.18 Å². The van der Waals surface area contributed by atoms with Gasteiger partial charge < -0.3 is 21.7 Å². The summed E-state index contributed by atoms with van der Waals surface area (Å²) in [5.74, 6) is 0.961. The van der Waals surface area contributed by atoms with Crippen LogP contribution in [0.1, 0.15) is 25.3 Å². The molecular weight excluding hydrogens is 476 g/mol. The molecular formula is C22H27Cl2F3N6. The normalized spacial score (nSPS) is 15.9. The van der Waals surface area contributed by atoms with Crippen LogP contribution in [0.3, 0.4) is 0 Å². The molecule has 1 unspecified atom stereocenters. The largest absolute Gasteiger partial charge is 0.416 e. The summed E-state index contributed by atoms with van der Waals surface area (Å²) in [6.07, 6.45) is -2.49. The maximum absolute atomic E-state index is 13.1. The number of hydrogen-bond donors (Lipinski definition) is 3. The van der Waals surface area contributed by atoms with E-state index in [-0.39, 0.29) is 47.6 Å². The van der Waals surface area contributed by atoms with Crippen LogP contribution in [0.4, 0.5) is 30.4 Å². The molecule has 2 aromatic carbocycles. The van der Waals surface area contributed by atoms with Crippen molar-refractivity contribution in [3.05, 3.63) is 42.0 Å². The Morgan fingerprint density at radius 1 is 1.09 bits per heavy atom. The maximum atomic E-state index is 13.1. The highest BCUT2D eigenvalue weighted by Crippen LogP contribution is 2.39. The van der Waals surface area contributed by atoms with E-state index in [1.165, 1.54) is 0 Å². The molecule has 1 aliphatic rings. The van der Waals surface area contributed by atoms with Gasteiger partial charge in [-0.1, -0.05) is 19.1 Å². The third kappa shape index (κ3) is 5.54. The van der Waals surface area contributed by atoms with Crippen molar-refractivity contribution in [1.29, 1.82) is 0 Å². The van der Waals surface area contributed by atoms with Crippen molar-refractivity contribution in [2.75, 3.05) is 36.0 Å². The zero-order valence-electron chi connectivity index (χ0n) is 18.0. The topological polar surface area (TPSA) is 93.1 Å². The first kappa shape index (κ1) is 26.8. The Morgan fingerprint density at radius 3 is 2.39 bits per heavy atom. The molecule has 1 saturated heterocycles. The fourth-order valence-electron chi connectivity index (χ4n) is 3.99. The molecule has 5 N–H and O–H groups in total. The Bertz CT molecular complexity index is 1090. The number of fused-ring (bicyclic) bond motifs is 1. The standard InChI is InChI=1S/C22H25F3N6.2ClH/c1-2-8-28-14-7-9-31(12-14)21-15-5-3-4-6-18(15)29-20(30-21)19-16(26)10-13(11-17(19)27)22(23,24)25;;/h3-6,10-11,14,28H,2,7-9,12,26-27H2,1H3;2*1H. The van der Waals surface area contributed by atoms with Crippen molar-refractivity contribution in [3.63, 3.8) is 0 Å². The van der Waals surface area contributed by atoms with Gasteiger partial charge in [-0.2, -0.15) is 13.2 Å². The van der Waals surface area contributed by atoms with Gasteiger partial charge in [0.05, 0.1) is 16.6 Å². The predicted molar refractivity (Wildman–Crippen MR) is 132 cm³/mol. The minimum Gasteiger partial charge on any atom is -0.398 e. The van der Waals surface area contributed by atoms with E-state index in [0.717, 1.165) is 55.8 Å². The van der Waals surface area contributed by atoms with Gasteiger partial charge in [-0.3, -0.25) is 0 Å². The van der Waals surface area contributed by atoms with E-state index in [0.29, 0.717) is 11.6 Å². The number of nitrogens with zero attached hydrogens (tertiary/aromatic N) is 3. The van der Waals surface area contributed by atoms with Gasteiger partial charge in [0.2, 0.25) is 0 Å². The van der Waals surface area contributed by atoms with Crippen LogP contribution < -0.4 is 21.7 Å². The lowest BCUT2D eigenvalue weighted by atomic mass is 10.0. The van der Waals surface area contributed by atoms with Crippen LogP contribution in [0.15, 0.2) is 36.4 Å². The number of rotatable bonds is 5. The van der Waals surface area contributed by atoms with Gasteiger partial charge in [0.1, 0.15) is 5.82 Å². The van der Waals surface area contributed by atoms with Crippen LogP contribution in [0, 0.1) is 0 Å². The third-order valence-corrected chi connectivity index (χ3v) is 5.50. The molecule has 3 aromatic rings. The van der Waals surface area contributed by atoms with Crippen molar-refractivity contribution in [2.45, 2.75) is 32.0 Å². The molecule has 11 heteroatoms. The predicted octanol–water partition coefficient (Wildman–Crippen LogP) is 4.90. The zero-order chi connectivity index (χ0) is 22.2. The van der Waals surface area contributed by atoms with Crippen LogP contribution in [0.2, 0.25) is 0 Å². The first-order valence-electron chi connectivity index (χ1n) is 10.3. The summed E-state index contributed by atoms with van der Waals surface area (Å²) >= 11 is 0. The molecule has 0 spiro atoms. The highest BCUT2D eigenvalue weighted by atomic mass is 35.5. The van der Waals surface area contributed by atoms with E-state index in [9.17, 15) is 13.2 Å². The molecule has 4 rings (SSSR count). The van der Waals surface area contributed by atoms with E-state index in [1.807, 2.05) is 24.3 Å². The number of aromatic nitrogens is 2.